The molecule has 1 aliphatic heterocycles. The maximum Gasteiger partial charge on any atom is 0.237 e. The van der Waals surface area contributed by atoms with Gasteiger partial charge in [0.1, 0.15) is 0 Å². The van der Waals surface area contributed by atoms with Crippen LogP contribution in [0.3, 0.4) is 0 Å². The fourth-order valence-corrected chi connectivity index (χ4v) is 3.92. The second-order valence-corrected chi connectivity index (χ2v) is 6.40. The van der Waals surface area contributed by atoms with Crippen LogP contribution < -0.4 is 4.90 Å². The van der Waals surface area contributed by atoms with Gasteiger partial charge < -0.3 is 0 Å². The molecular weight excluding hydrogens is 330 g/mol. The highest BCUT2D eigenvalue weighted by Gasteiger charge is 2.49. The minimum absolute atomic E-state index is 0.0577. The highest BCUT2D eigenvalue weighted by Crippen LogP contribution is 2.42. The molecule has 19 heavy (non-hydrogen) atoms. The molecule has 100 valence electrons. The highest BCUT2D eigenvalue weighted by molar-refractivity contribution is 9.10. The predicted molar refractivity (Wildman–Crippen MR) is 77.1 cm³/mol. The maximum absolute atomic E-state index is 12.4. The van der Waals surface area contributed by atoms with Gasteiger partial charge in [0.2, 0.25) is 11.8 Å². The Morgan fingerprint density at radius 3 is 2.21 bits per heavy atom. The van der Waals surface area contributed by atoms with Gasteiger partial charge in [0, 0.05) is 9.50 Å². The number of halogens is 2. The molecular formula is C14H13BrClNO2. The molecule has 2 amide bonds. The molecule has 0 N–H and O–H groups in total. The molecule has 3 rings (SSSR count). The molecule has 1 aliphatic carbocycles. The molecule has 5 heteroatoms. The lowest BCUT2D eigenvalue weighted by Crippen LogP contribution is -2.31. The number of anilines is 1. The zero-order valence-electron chi connectivity index (χ0n) is 10.2. The smallest absolute Gasteiger partial charge is 0.237 e. The number of carbonyl (C=O) groups excluding carboxylic acids is 2. The van der Waals surface area contributed by atoms with Crippen LogP contribution in [-0.4, -0.2) is 11.8 Å². The molecule has 2 aliphatic rings. The molecule has 2 atom stereocenters. The van der Waals surface area contributed by atoms with E-state index in [1.807, 2.05) is 0 Å². The summed E-state index contributed by atoms with van der Waals surface area (Å²) < 4.78 is 0.681. The predicted octanol–water partition coefficient (Wildman–Crippen LogP) is 3.78. The van der Waals surface area contributed by atoms with E-state index in [1.54, 1.807) is 18.2 Å². The molecule has 0 aromatic heterocycles. The van der Waals surface area contributed by atoms with Crippen LogP contribution in [0.4, 0.5) is 5.69 Å². The van der Waals surface area contributed by atoms with E-state index in [4.69, 9.17) is 11.6 Å². The van der Waals surface area contributed by atoms with Crippen LogP contribution >= 0.6 is 27.5 Å². The number of imide groups is 1. The summed E-state index contributed by atoms with van der Waals surface area (Å²) in [5.74, 6) is -0.358. The second-order valence-electron chi connectivity index (χ2n) is 5.11. The van der Waals surface area contributed by atoms with Crippen LogP contribution in [-0.2, 0) is 9.59 Å². The number of rotatable bonds is 1. The van der Waals surface area contributed by atoms with Crippen molar-refractivity contribution < 1.29 is 9.59 Å². The quantitative estimate of drug-likeness (QED) is 0.728. The number of fused-ring (bicyclic) bond motifs is 1. The summed E-state index contributed by atoms with van der Waals surface area (Å²) in [6.45, 7) is 0. The Balaban J connectivity index is 2.00. The monoisotopic (exact) mass is 341 g/mol. The Morgan fingerprint density at radius 2 is 1.68 bits per heavy atom. The summed E-state index contributed by atoms with van der Waals surface area (Å²) in [6, 6.07) is 5.13. The van der Waals surface area contributed by atoms with Gasteiger partial charge >= 0.3 is 0 Å². The van der Waals surface area contributed by atoms with Gasteiger partial charge in [-0.2, -0.15) is 0 Å². The zero-order chi connectivity index (χ0) is 13.6. The van der Waals surface area contributed by atoms with Crippen molar-refractivity contribution in [2.45, 2.75) is 25.7 Å². The number of amides is 2. The standard InChI is InChI=1S/C14H13BrClNO2/c15-11-7-8(16)5-6-12(11)17-13(18)9-3-1-2-4-10(9)14(17)19/h5-7,9-10H,1-4H2. The Hall–Kier alpha value is -0.870. The average Bonchev–Trinajstić information content (AvgIpc) is 2.64. The maximum atomic E-state index is 12.4. The van der Waals surface area contributed by atoms with Gasteiger partial charge in [-0.15, -0.1) is 0 Å². The van der Waals surface area contributed by atoms with Crippen LogP contribution in [0.2, 0.25) is 5.02 Å². The second kappa shape index (κ2) is 4.91. The minimum Gasteiger partial charge on any atom is -0.274 e. The summed E-state index contributed by atoms with van der Waals surface area (Å²) in [7, 11) is 0. The van der Waals surface area contributed by atoms with Crippen LogP contribution in [0.25, 0.3) is 0 Å². The Labute approximate surface area is 125 Å². The van der Waals surface area contributed by atoms with E-state index in [0.717, 1.165) is 25.7 Å². The first-order valence-electron chi connectivity index (χ1n) is 6.42. The van der Waals surface area contributed by atoms with E-state index in [1.165, 1.54) is 4.90 Å². The Morgan fingerprint density at radius 1 is 1.11 bits per heavy atom. The molecule has 1 heterocycles. The molecule has 0 bridgehead atoms. The number of nitrogens with zero attached hydrogens (tertiary/aromatic N) is 1. The third-order valence-electron chi connectivity index (χ3n) is 3.99. The SMILES string of the molecule is O=C1C2CCCCC2C(=O)N1c1ccc(Cl)cc1Br. The lowest BCUT2D eigenvalue weighted by molar-refractivity contribution is -0.122. The van der Waals surface area contributed by atoms with E-state index >= 15 is 0 Å². The molecule has 0 radical (unpaired) electrons. The molecule has 0 spiro atoms. The molecule has 2 fully saturated rings. The molecule has 2 unspecified atom stereocenters. The first-order valence-corrected chi connectivity index (χ1v) is 7.59. The van der Waals surface area contributed by atoms with Crippen LogP contribution in [0.1, 0.15) is 25.7 Å². The fraction of sp³-hybridized carbons (Fsp3) is 0.429. The van der Waals surface area contributed by atoms with E-state index in [-0.39, 0.29) is 23.7 Å². The van der Waals surface area contributed by atoms with Gasteiger partial charge in [-0.05, 0) is 47.0 Å². The summed E-state index contributed by atoms with van der Waals surface area (Å²) in [5, 5.41) is 0.576. The normalized spacial score (nSPS) is 26.7. The fourth-order valence-electron chi connectivity index (χ4n) is 3.06. The molecule has 1 saturated carbocycles. The van der Waals surface area contributed by atoms with Crippen molar-refractivity contribution in [3.8, 4) is 0 Å². The van der Waals surface area contributed by atoms with Crippen molar-refractivity contribution in [3.63, 3.8) is 0 Å². The van der Waals surface area contributed by atoms with Crippen molar-refractivity contribution in [3.05, 3.63) is 27.7 Å². The third kappa shape index (κ3) is 2.11. The lowest BCUT2D eigenvalue weighted by atomic mass is 9.81. The Bertz CT molecular complexity index is 536. The van der Waals surface area contributed by atoms with Gasteiger partial charge in [-0.1, -0.05) is 24.4 Å². The zero-order valence-corrected chi connectivity index (χ0v) is 12.6. The number of hydrogen-bond donors (Lipinski definition) is 0. The van der Waals surface area contributed by atoms with Gasteiger partial charge in [0.05, 0.1) is 17.5 Å². The number of carbonyl (C=O) groups is 2. The van der Waals surface area contributed by atoms with Crippen molar-refractivity contribution >= 4 is 45.0 Å². The van der Waals surface area contributed by atoms with Crippen molar-refractivity contribution in [1.29, 1.82) is 0 Å². The third-order valence-corrected chi connectivity index (χ3v) is 4.86. The summed E-state index contributed by atoms with van der Waals surface area (Å²) in [4.78, 5) is 26.2. The van der Waals surface area contributed by atoms with E-state index < -0.39 is 0 Å². The van der Waals surface area contributed by atoms with Gasteiger partial charge in [-0.3, -0.25) is 9.59 Å². The van der Waals surface area contributed by atoms with Crippen LogP contribution in [0.5, 0.6) is 0 Å². The summed E-state index contributed by atoms with van der Waals surface area (Å²) in [6.07, 6.45) is 3.74. The topological polar surface area (TPSA) is 37.4 Å². The largest absolute Gasteiger partial charge is 0.274 e. The molecule has 1 saturated heterocycles. The van der Waals surface area contributed by atoms with Crippen LogP contribution in [0.15, 0.2) is 22.7 Å². The van der Waals surface area contributed by atoms with Gasteiger partial charge in [0.25, 0.3) is 0 Å². The van der Waals surface area contributed by atoms with Crippen molar-refractivity contribution in [1.82, 2.24) is 0 Å². The van der Waals surface area contributed by atoms with Crippen molar-refractivity contribution in [2.24, 2.45) is 11.8 Å². The number of benzene rings is 1. The first kappa shape index (κ1) is 13.1. The summed E-state index contributed by atoms with van der Waals surface area (Å²) >= 11 is 9.28. The summed E-state index contributed by atoms with van der Waals surface area (Å²) in [5.41, 5.74) is 0.605. The molecule has 1 aromatic carbocycles. The number of hydrogen-bond acceptors (Lipinski definition) is 2. The molecule has 1 aromatic rings. The molecule has 3 nitrogen and oxygen atoms in total. The first-order chi connectivity index (χ1) is 9.09. The lowest BCUT2D eigenvalue weighted by Gasteiger charge is -2.19. The van der Waals surface area contributed by atoms with E-state index in [0.29, 0.717) is 15.2 Å². The van der Waals surface area contributed by atoms with E-state index in [2.05, 4.69) is 15.9 Å². The minimum atomic E-state index is -0.121. The van der Waals surface area contributed by atoms with Crippen molar-refractivity contribution in [2.75, 3.05) is 4.90 Å². The average molecular weight is 343 g/mol. The van der Waals surface area contributed by atoms with Gasteiger partial charge in [0.15, 0.2) is 0 Å². The van der Waals surface area contributed by atoms with Crippen LogP contribution in [0, 0.1) is 11.8 Å². The van der Waals surface area contributed by atoms with E-state index in [9.17, 15) is 9.59 Å². The highest BCUT2D eigenvalue weighted by atomic mass is 79.9. The Kier molecular flexibility index (Phi) is 3.39. The van der Waals surface area contributed by atoms with Gasteiger partial charge in [-0.25, -0.2) is 4.90 Å².